The van der Waals surface area contributed by atoms with Crippen LogP contribution in [0.3, 0.4) is 0 Å². The highest BCUT2D eigenvalue weighted by Crippen LogP contribution is 2.42. The molecule has 0 saturated heterocycles. The van der Waals surface area contributed by atoms with Crippen LogP contribution < -0.4 is 15.4 Å². The number of fused-ring (bicyclic) bond motifs is 6. The Labute approximate surface area is 139 Å². The minimum Gasteiger partial charge on any atom is -0.497 e. The fraction of sp³-hybridized carbons (Fsp3) is 0.211. The van der Waals surface area contributed by atoms with E-state index in [9.17, 15) is 4.79 Å². The van der Waals surface area contributed by atoms with Crippen LogP contribution in [-0.2, 0) is 16.8 Å². The van der Waals surface area contributed by atoms with Gasteiger partial charge in [-0.1, -0.05) is 12.1 Å². The summed E-state index contributed by atoms with van der Waals surface area (Å²) < 4.78 is 5.34. The van der Waals surface area contributed by atoms with Gasteiger partial charge in [-0.2, -0.15) is 0 Å². The maximum Gasteiger partial charge on any atom is 0.297 e. The van der Waals surface area contributed by atoms with Gasteiger partial charge in [0.15, 0.2) is 0 Å². The Kier molecular flexibility index (Phi) is 2.62. The van der Waals surface area contributed by atoms with E-state index in [2.05, 4.69) is 21.7 Å². The fourth-order valence-electron chi connectivity index (χ4n) is 4.22. The molecule has 0 radical (unpaired) electrons. The van der Waals surface area contributed by atoms with E-state index in [0.29, 0.717) is 0 Å². The normalized spacial score (nSPS) is 21.6. The maximum absolute atomic E-state index is 13.0. The second-order valence-corrected chi connectivity index (χ2v) is 6.44. The highest BCUT2D eigenvalue weighted by molar-refractivity contribution is 6.08. The molecule has 120 valence electrons. The van der Waals surface area contributed by atoms with Crippen LogP contribution in [-0.4, -0.2) is 24.5 Å². The molecular weight excluding hydrogens is 302 g/mol. The molecule has 2 aliphatic heterocycles. The summed E-state index contributed by atoms with van der Waals surface area (Å²) in [6, 6.07) is 14.0. The summed E-state index contributed by atoms with van der Waals surface area (Å²) >= 11 is 0. The van der Waals surface area contributed by atoms with Crippen LogP contribution in [0.4, 0.5) is 5.69 Å². The first-order chi connectivity index (χ1) is 11.7. The van der Waals surface area contributed by atoms with E-state index in [1.807, 2.05) is 36.4 Å². The van der Waals surface area contributed by atoms with Crippen LogP contribution in [0.2, 0.25) is 0 Å². The van der Waals surface area contributed by atoms with Crippen LogP contribution in [0.15, 0.2) is 42.5 Å². The molecule has 0 fully saturated rings. The van der Waals surface area contributed by atoms with Crippen LogP contribution in [0.1, 0.15) is 16.8 Å². The monoisotopic (exact) mass is 320 g/mol. The number of amides is 1. The average molecular weight is 320 g/mol. The van der Waals surface area contributed by atoms with Crippen molar-refractivity contribution < 1.29 is 14.8 Å². The number of anilines is 1. The summed E-state index contributed by atoms with van der Waals surface area (Å²) in [7, 11) is 1.67. The van der Waals surface area contributed by atoms with Crippen molar-refractivity contribution in [3.8, 4) is 5.75 Å². The molecule has 1 atom stereocenters. The molecule has 3 heterocycles. The van der Waals surface area contributed by atoms with Gasteiger partial charge in [0.1, 0.15) is 5.75 Å². The molecule has 0 unspecified atom stereocenters. The van der Waals surface area contributed by atoms with Gasteiger partial charge in [0.25, 0.3) is 5.91 Å². The number of nitrogens with two attached hydrogens (primary N) is 1. The number of hydrogen-bond donors (Lipinski definition) is 3. The van der Waals surface area contributed by atoms with Crippen molar-refractivity contribution in [3.05, 3.63) is 59.3 Å². The number of benzene rings is 2. The van der Waals surface area contributed by atoms with Gasteiger partial charge in [-0.05, 0) is 29.8 Å². The lowest BCUT2D eigenvalue weighted by atomic mass is 9.82. The van der Waals surface area contributed by atoms with E-state index >= 15 is 0 Å². The predicted molar refractivity (Wildman–Crippen MR) is 91.2 cm³/mol. The third-order valence-electron chi connectivity index (χ3n) is 5.31. The molecule has 5 nitrogen and oxygen atoms in total. The molecule has 3 aromatic rings. The highest BCUT2D eigenvalue weighted by Gasteiger charge is 2.55. The molecular formula is C19H18N3O2+. The Bertz CT molecular complexity index is 991. The lowest BCUT2D eigenvalue weighted by Crippen LogP contribution is -2.98. The maximum atomic E-state index is 13.0. The SMILES string of the molecule is COc1ccc2c3c([nH]c2c1)[C@@]1([NH2+]CC3)C(=O)Nc2ccccc21. The summed E-state index contributed by atoms with van der Waals surface area (Å²) in [5.74, 6) is 0.846. The van der Waals surface area contributed by atoms with Crippen LogP contribution in [0, 0.1) is 0 Å². The fourth-order valence-corrected chi connectivity index (χ4v) is 4.22. The molecule has 4 N–H and O–H groups in total. The Morgan fingerprint density at radius 2 is 2.08 bits per heavy atom. The number of aromatic amines is 1. The summed E-state index contributed by atoms with van der Waals surface area (Å²) in [6.45, 7) is 0.883. The minimum absolute atomic E-state index is 0.0307. The van der Waals surface area contributed by atoms with Crippen molar-refractivity contribution in [3.63, 3.8) is 0 Å². The van der Waals surface area contributed by atoms with Crippen LogP contribution in [0.5, 0.6) is 5.75 Å². The first kappa shape index (κ1) is 13.6. The number of carbonyl (C=O) groups is 1. The zero-order valence-corrected chi connectivity index (χ0v) is 13.3. The van der Waals surface area contributed by atoms with Crippen molar-refractivity contribution in [1.82, 2.24) is 4.98 Å². The molecule has 5 rings (SSSR count). The van der Waals surface area contributed by atoms with Crippen molar-refractivity contribution in [2.45, 2.75) is 12.0 Å². The standard InChI is InChI=1S/C19H17N3O2/c1-24-11-6-7-12-13-8-9-20-19(17(13)21-16(12)10-11)14-4-2-3-5-15(14)22-18(19)23/h2-7,10,20-21H,8-9H2,1H3,(H,22,23)/p+1/t19-/m1/s1. The first-order valence-electron chi connectivity index (χ1n) is 8.18. The molecule has 0 saturated carbocycles. The van der Waals surface area contributed by atoms with Gasteiger partial charge in [0.05, 0.1) is 30.6 Å². The number of nitrogens with one attached hydrogen (secondary N) is 2. The summed E-state index contributed by atoms with van der Waals surface area (Å²) in [4.78, 5) is 16.5. The number of hydrogen-bond acceptors (Lipinski definition) is 2. The van der Waals surface area contributed by atoms with E-state index < -0.39 is 5.54 Å². The van der Waals surface area contributed by atoms with Crippen LogP contribution >= 0.6 is 0 Å². The lowest BCUT2D eigenvalue weighted by Gasteiger charge is -2.29. The molecule has 2 aliphatic rings. The topological polar surface area (TPSA) is 70.7 Å². The van der Waals surface area contributed by atoms with Gasteiger partial charge in [-0.25, -0.2) is 0 Å². The number of carbonyl (C=O) groups excluding carboxylic acids is 1. The molecule has 24 heavy (non-hydrogen) atoms. The highest BCUT2D eigenvalue weighted by atomic mass is 16.5. The van der Waals surface area contributed by atoms with Crippen molar-refractivity contribution in [1.29, 1.82) is 0 Å². The summed E-state index contributed by atoms with van der Waals surface area (Å²) in [5, 5.41) is 6.38. The van der Waals surface area contributed by atoms with E-state index in [1.54, 1.807) is 7.11 Å². The molecule has 2 aromatic carbocycles. The molecule has 1 spiro atoms. The van der Waals surface area contributed by atoms with Crippen molar-refractivity contribution in [2.75, 3.05) is 19.0 Å². The molecule has 0 bridgehead atoms. The lowest BCUT2D eigenvalue weighted by molar-refractivity contribution is -0.713. The Morgan fingerprint density at radius 1 is 1.21 bits per heavy atom. The van der Waals surface area contributed by atoms with Gasteiger partial charge in [-0.15, -0.1) is 0 Å². The third kappa shape index (κ3) is 1.55. The third-order valence-corrected chi connectivity index (χ3v) is 5.31. The number of H-pyrrole nitrogens is 1. The summed E-state index contributed by atoms with van der Waals surface area (Å²) in [6.07, 6.45) is 0.943. The molecule has 5 heteroatoms. The van der Waals surface area contributed by atoms with Gasteiger partial charge in [-0.3, -0.25) is 4.79 Å². The molecule has 0 aliphatic carbocycles. The zero-order chi connectivity index (χ0) is 16.3. The second-order valence-electron chi connectivity index (χ2n) is 6.44. The van der Waals surface area contributed by atoms with E-state index in [1.165, 1.54) is 10.9 Å². The molecule has 1 amide bonds. The number of para-hydroxylation sites is 1. The quantitative estimate of drug-likeness (QED) is 0.636. The number of quaternary nitrogens is 1. The smallest absolute Gasteiger partial charge is 0.297 e. The minimum atomic E-state index is -0.712. The van der Waals surface area contributed by atoms with Crippen LogP contribution in [0.25, 0.3) is 10.9 Å². The van der Waals surface area contributed by atoms with E-state index in [-0.39, 0.29) is 5.91 Å². The number of rotatable bonds is 1. The van der Waals surface area contributed by atoms with Crippen molar-refractivity contribution >= 4 is 22.5 Å². The Balaban J connectivity index is 1.82. The van der Waals surface area contributed by atoms with E-state index in [4.69, 9.17) is 4.74 Å². The van der Waals surface area contributed by atoms with Gasteiger partial charge in [0, 0.05) is 23.4 Å². The Morgan fingerprint density at radius 3 is 2.96 bits per heavy atom. The van der Waals surface area contributed by atoms with Gasteiger partial charge >= 0.3 is 0 Å². The number of ether oxygens (including phenoxy) is 1. The molecule has 1 aromatic heterocycles. The van der Waals surface area contributed by atoms with Gasteiger partial charge < -0.3 is 20.4 Å². The van der Waals surface area contributed by atoms with Crippen molar-refractivity contribution in [2.24, 2.45) is 0 Å². The summed E-state index contributed by atoms with van der Waals surface area (Å²) in [5.41, 5.74) is 4.49. The van der Waals surface area contributed by atoms with Gasteiger partial charge in [0.2, 0.25) is 5.54 Å². The average Bonchev–Trinajstić information content (AvgIpc) is 3.12. The zero-order valence-electron chi connectivity index (χ0n) is 13.3. The van der Waals surface area contributed by atoms with E-state index in [0.717, 1.165) is 41.2 Å². The largest absolute Gasteiger partial charge is 0.497 e. The number of aromatic nitrogens is 1. The second kappa shape index (κ2) is 4.61. The first-order valence-corrected chi connectivity index (χ1v) is 8.18. The predicted octanol–water partition coefficient (Wildman–Crippen LogP) is 1.49. The Hall–Kier alpha value is -2.79. The number of methoxy groups -OCH3 is 1.